The highest BCUT2D eigenvalue weighted by Gasteiger charge is 1.99. The zero-order valence-electron chi connectivity index (χ0n) is 8.43. The Bertz CT molecular complexity index is 479. The maximum Gasteiger partial charge on any atom is 0.192 e. The Hall–Kier alpha value is -2.10. The summed E-state index contributed by atoms with van der Waals surface area (Å²) in [4.78, 5) is 18.1. The molecule has 0 aliphatic carbocycles. The van der Waals surface area contributed by atoms with E-state index in [-0.39, 0.29) is 11.6 Å². The van der Waals surface area contributed by atoms with Crippen LogP contribution in [0, 0.1) is 5.82 Å². The molecule has 1 aromatic carbocycles. The highest BCUT2D eigenvalue weighted by molar-refractivity contribution is 5.68. The van der Waals surface area contributed by atoms with E-state index in [0.717, 1.165) is 11.1 Å². The summed E-state index contributed by atoms with van der Waals surface area (Å²) in [5.74, 6) is -0.0841. The SMILES string of the molecule is O=Cc1ncc(Cc2ccc(F)cc2)cn1. The molecular formula is C12H9FN2O. The van der Waals surface area contributed by atoms with Crippen LogP contribution < -0.4 is 0 Å². The Morgan fingerprint density at radius 3 is 2.25 bits per heavy atom. The van der Waals surface area contributed by atoms with Crippen LogP contribution in [0.3, 0.4) is 0 Å². The standard InChI is InChI=1S/C12H9FN2O/c13-11-3-1-9(2-4-11)5-10-6-14-12(8-16)15-7-10/h1-4,6-8H,5H2. The van der Waals surface area contributed by atoms with Crippen molar-refractivity contribution in [2.75, 3.05) is 0 Å². The van der Waals surface area contributed by atoms with E-state index >= 15 is 0 Å². The molecule has 0 fully saturated rings. The van der Waals surface area contributed by atoms with E-state index < -0.39 is 0 Å². The number of nitrogens with zero attached hydrogens (tertiary/aromatic N) is 2. The van der Waals surface area contributed by atoms with E-state index in [1.165, 1.54) is 12.1 Å². The minimum Gasteiger partial charge on any atom is -0.294 e. The van der Waals surface area contributed by atoms with Gasteiger partial charge in [0.1, 0.15) is 5.82 Å². The van der Waals surface area contributed by atoms with Crippen molar-refractivity contribution in [2.24, 2.45) is 0 Å². The van der Waals surface area contributed by atoms with E-state index in [1.54, 1.807) is 24.5 Å². The van der Waals surface area contributed by atoms with E-state index in [2.05, 4.69) is 9.97 Å². The molecular weight excluding hydrogens is 207 g/mol. The van der Waals surface area contributed by atoms with Crippen molar-refractivity contribution in [3.8, 4) is 0 Å². The predicted octanol–water partition coefficient (Wildman–Crippen LogP) is 2.02. The molecule has 2 aromatic rings. The monoisotopic (exact) mass is 216 g/mol. The lowest BCUT2D eigenvalue weighted by Crippen LogP contribution is -1.95. The van der Waals surface area contributed by atoms with Crippen molar-refractivity contribution in [3.05, 3.63) is 59.4 Å². The number of carbonyl (C=O) groups excluding carboxylic acids is 1. The fourth-order valence-corrected chi connectivity index (χ4v) is 1.35. The van der Waals surface area contributed by atoms with Crippen molar-refractivity contribution >= 4 is 6.29 Å². The summed E-state index contributed by atoms with van der Waals surface area (Å²) < 4.78 is 12.7. The largest absolute Gasteiger partial charge is 0.294 e. The molecule has 0 N–H and O–H groups in total. The van der Waals surface area contributed by atoms with Gasteiger partial charge in [0, 0.05) is 18.8 Å². The fourth-order valence-electron chi connectivity index (χ4n) is 1.35. The fraction of sp³-hybridized carbons (Fsp3) is 0.0833. The van der Waals surface area contributed by atoms with E-state index in [1.807, 2.05) is 0 Å². The van der Waals surface area contributed by atoms with Crippen LogP contribution in [0.2, 0.25) is 0 Å². The first-order chi connectivity index (χ1) is 7.78. The van der Waals surface area contributed by atoms with E-state index in [0.29, 0.717) is 12.7 Å². The van der Waals surface area contributed by atoms with Gasteiger partial charge < -0.3 is 0 Å². The summed E-state index contributed by atoms with van der Waals surface area (Å²) in [7, 11) is 0. The van der Waals surface area contributed by atoms with Crippen LogP contribution in [0.15, 0.2) is 36.7 Å². The lowest BCUT2D eigenvalue weighted by atomic mass is 10.1. The molecule has 4 heteroatoms. The lowest BCUT2D eigenvalue weighted by molar-refractivity contribution is 0.111. The maximum absolute atomic E-state index is 12.7. The molecule has 3 nitrogen and oxygen atoms in total. The third-order valence-electron chi connectivity index (χ3n) is 2.15. The van der Waals surface area contributed by atoms with Gasteiger partial charge in [0.2, 0.25) is 0 Å². The van der Waals surface area contributed by atoms with Gasteiger partial charge in [-0.1, -0.05) is 12.1 Å². The molecule has 0 saturated heterocycles. The molecule has 1 heterocycles. The molecule has 0 radical (unpaired) electrons. The number of aromatic nitrogens is 2. The molecule has 16 heavy (non-hydrogen) atoms. The normalized spacial score (nSPS) is 10.1. The van der Waals surface area contributed by atoms with Crippen LogP contribution in [0.4, 0.5) is 4.39 Å². The molecule has 0 aliphatic heterocycles. The van der Waals surface area contributed by atoms with Crippen LogP contribution >= 0.6 is 0 Å². The Labute approximate surface area is 92.0 Å². The van der Waals surface area contributed by atoms with Crippen LogP contribution in [0.25, 0.3) is 0 Å². The number of hydrogen-bond donors (Lipinski definition) is 0. The highest BCUT2D eigenvalue weighted by atomic mass is 19.1. The van der Waals surface area contributed by atoms with Crippen LogP contribution in [0.5, 0.6) is 0 Å². The molecule has 2 rings (SSSR count). The lowest BCUT2D eigenvalue weighted by Gasteiger charge is -2.00. The highest BCUT2D eigenvalue weighted by Crippen LogP contribution is 2.08. The average Bonchev–Trinajstić information content (AvgIpc) is 2.33. The first kappa shape index (κ1) is 10.4. The molecule has 0 bridgehead atoms. The Balaban J connectivity index is 2.14. The Morgan fingerprint density at radius 1 is 1.06 bits per heavy atom. The van der Waals surface area contributed by atoms with Crippen molar-refractivity contribution in [3.63, 3.8) is 0 Å². The number of rotatable bonds is 3. The summed E-state index contributed by atoms with van der Waals surface area (Å²) in [6.07, 6.45) is 4.42. The number of aldehydes is 1. The van der Waals surface area contributed by atoms with Crippen molar-refractivity contribution in [1.82, 2.24) is 9.97 Å². The van der Waals surface area contributed by atoms with E-state index in [4.69, 9.17) is 0 Å². The minimum atomic E-state index is -0.253. The quantitative estimate of drug-likeness (QED) is 0.737. The third kappa shape index (κ3) is 2.48. The molecule has 0 spiro atoms. The predicted molar refractivity (Wildman–Crippen MR) is 56.6 cm³/mol. The van der Waals surface area contributed by atoms with Gasteiger partial charge in [0.25, 0.3) is 0 Å². The first-order valence-corrected chi connectivity index (χ1v) is 4.78. The summed E-state index contributed by atoms with van der Waals surface area (Å²) in [5.41, 5.74) is 1.86. The van der Waals surface area contributed by atoms with Crippen LogP contribution in [0.1, 0.15) is 21.7 Å². The number of carbonyl (C=O) groups is 1. The minimum absolute atomic E-state index is 0.169. The van der Waals surface area contributed by atoms with Gasteiger partial charge in [0.05, 0.1) is 0 Å². The summed E-state index contributed by atoms with van der Waals surface area (Å²) in [6, 6.07) is 6.25. The van der Waals surface area contributed by atoms with Gasteiger partial charge in [0.15, 0.2) is 12.1 Å². The van der Waals surface area contributed by atoms with Gasteiger partial charge >= 0.3 is 0 Å². The van der Waals surface area contributed by atoms with Gasteiger partial charge in [-0.15, -0.1) is 0 Å². The van der Waals surface area contributed by atoms with Crippen molar-refractivity contribution in [2.45, 2.75) is 6.42 Å². The number of halogens is 1. The summed E-state index contributed by atoms with van der Waals surface area (Å²) >= 11 is 0. The number of hydrogen-bond acceptors (Lipinski definition) is 3. The Morgan fingerprint density at radius 2 is 1.69 bits per heavy atom. The molecule has 1 aromatic heterocycles. The van der Waals surface area contributed by atoms with Crippen molar-refractivity contribution < 1.29 is 9.18 Å². The molecule has 0 aliphatic rings. The van der Waals surface area contributed by atoms with Crippen molar-refractivity contribution in [1.29, 1.82) is 0 Å². The second kappa shape index (κ2) is 4.61. The Kier molecular flexibility index (Phi) is 3.00. The molecule has 80 valence electrons. The van der Waals surface area contributed by atoms with E-state index in [9.17, 15) is 9.18 Å². The molecule has 0 atom stereocenters. The average molecular weight is 216 g/mol. The third-order valence-corrected chi connectivity index (χ3v) is 2.15. The summed E-state index contributed by atoms with van der Waals surface area (Å²) in [5, 5.41) is 0. The molecule has 0 saturated carbocycles. The molecule has 0 unspecified atom stereocenters. The zero-order chi connectivity index (χ0) is 11.4. The van der Waals surface area contributed by atoms with Crippen LogP contribution in [-0.2, 0) is 6.42 Å². The second-order valence-electron chi connectivity index (χ2n) is 3.37. The van der Waals surface area contributed by atoms with Gasteiger partial charge in [-0.25, -0.2) is 14.4 Å². The smallest absolute Gasteiger partial charge is 0.192 e. The van der Waals surface area contributed by atoms with Gasteiger partial charge in [-0.2, -0.15) is 0 Å². The maximum atomic E-state index is 12.7. The van der Waals surface area contributed by atoms with Crippen LogP contribution in [-0.4, -0.2) is 16.3 Å². The second-order valence-corrected chi connectivity index (χ2v) is 3.37. The summed E-state index contributed by atoms with van der Waals surface area (Å²) in [6.45, 7) is 0. The topological polar surface area (TPSA) is 42.9 Å². The first-order valence-electron chi connectivity index (χ1n) is 4.78. The van der Waals surface area contributed by atoms with Gasteiger partial charge in [-0.05, 0) is 23.3 Å². The molecule has 0 amide bonds. The number of benzene rings is 1. The zero-order valence-corrected chi connectivity index (χ0v) is 8.43. The van der Waals surface area contributed by atoms with Gasteiger partial charge in [-0.3, -0.25) is 4.79 Å².